The van der Waals surface area contributed by atoms with Gasteiger partial charge in [0.15, 0.2) is 0 Å². The largest absolute Gasteiger partial charge is 0.325 e. The predicted molar refractivity (Wildman–Crippen MR) is 123 cm³/mol. The van der Waals surface area contributed by atoms with Gasteiger partial charge < -0.3 is 5.32 Å². The van der Waals surface area contributed by atoms with Crippen molar-refractivity contribution in [2.24, 2.45) is 0 Å². The maximum absolute atomic E-state index is 12.5. The van der Waals surface area contributed by atoms with Crippen LogP contribution in [0.5, 0.6) is 0 Å². The maximum atomic E-state index is 12.5. The van der Waals surface area contributed by atoms with Gasteiger partial charge >= 0.3 is 0 Å². The second-order valence-corrected chi connectivity index (χ2v) is 9.06. The number of benzene rings is 2. The smallest absolute Gasteiger partial charge is 0.234 e. The van der Waals surface area contributed by atoms with Crippen LogP contribution in [0.1, 0.15) is 16.0 Å². The summed E-state index contributed by atoms with van der Waals surface area (Å²) < 4.78 is 0. The number of thioether (sulfide) groups is 1. The minimum Gasteiger partial charge on any atom is -0.325 e. The molecule has 4 rings (SSSR count). The molecule has 0 aliphatic rings. The van der Waals surface area contributed by atoms with Gasteiger partial charge in [0, 0.05) is 16.1 Å². The zero-order chi connectivity index (χ0) is 20.4. The molecule has 2 heterocycles. The maximum Gasteiger partial charge on any atom is 0.234 e. The second-order valence-electron chi connectivity index (χ2n) is 6.89. The van der Waals surface area contributed by atoms with Gasteiger partial charge in [0.1, 0.15) is 16.2 Å². The average Bonchev–Trinajstić information content (AvgIpc) is 3.06. The topological polar surface area (TPSA) is 54.9 Å². The molecule has 0 saturated carbocycles. The second kappa shape index (κ2) is 8.35. The normalized spacial score (nSPS) is 11.0. The van der Waals surface area contributed by atoms with Crippen molar-refractivity contribution in [1.29, 1.82) is 0 Å². The van der Waals surface area contributed by atoms with Crippen molar-refractivity contribution in [3.63, 3.8) is 0 Å². The highest BCUT2D eigenvalue weighted by atomic mass is 32.2. The molecule has 1 amide bonds. The van der Waals surface area contributed by atoms with Gasteiger partial charge in [-0.2, -0.15) is 0 Å². The number of aromatic nitrogens is 2. The number of hydrogen-bond donors (Lipinski definition) is 1. The van der Waals surface area contributed by atoms with E-state index < -0.39 is 0 Å². The van der Waals surface area contributed by atoms with Gasteiger partial charge in [0.2, 0.25) is 5.91 Å². The first-order valence-corrected chi connectivity index (χ1v) is 11.1. The summed E-state index contributed by atoms with van der Waals surface area (Å²) in [5, 5.41) is 4.85. The van der Waals surface area contributed by atoms with Crippen molar-refractivity contribution in [1.82, 2.24) is 9.97 Å². The molecule has 2 aromatic carbocycles. The molecule has 4 aromatic rings. The van der Waals surface area contributed by atoms with Crippen molar-refractivity contribution in [3.8, 4) is 11.1 Å². The van der Waals surface area contributed by atoms with Gasteiger partial charge in [-0.1, -0.05) is 48.2 Å². The lowest BCUT2D eigenvalue weighted by Crippen LogP contribution is -2.14. The molecule has 0 fully saturated rings. The number of thiophene rings is 1. The molecular weight excluding hydrogens is 398 g/mol. The van der Waals surface area contributed by atoms with E-state index in [0.29, 0.717) is 5.75 Å². The van der Waals surface area contributed by atoms with Gasteiger partial charge in [-0.3, -0.25) is 4.79 Å². The van der Waals surface area contributed by atoms with E-state index >= 15 is 0 Å². The molecule has 6 heteroatoms. The van der Waals surface area contributed by atoms with E-state index in [-0.39, 0.29) is 5.91 Å². The summed E-state index contributed by atoms with van der Waals surface area (Å²) in [4.78, 5) is 23.6. The summed E-state index contributed by atoms with van der Waals surface area (Å²) in [5.74, 6) is 0.251. The Bertz CT molecular complexity index is 1190. The predicted octanol–water partition coefficient (Wildman–Crippen LogP) is 6.01. The minimum atomic E-state index is -0.0433. The number of carbonyl (C=O) groups is 1. The van der Waals surface area contributed by atoms with E-state index in [1.807, 2.05) is 43.3 Å². The Kier molecular flexibility index (Phi) is 5.65. The van der Waals surface area contributed by atoms with E-state index in [9.17, 15) is 4.79 Å². The molecule has 0 radical (unpaired) electrons. The van der Waals surface area contributed by atoms with Crippen LogP contribution in [-0.2, 0) is 4.79 Å². The fraction of sp³-hybridized carbons (Fsp3) is 0.174. The molecule has 1 N–H and O–H groups in total. The van der Waals surface area contributed by atoms with Gasteiger partial charge in [-0.25, -0.2) is 9.97 Å². The average molecular weight is 420 g/mol. The number of nitrogens with one attached hydrogen (secondary N) is 1. The standard InChI is InChI=1S/C23H21N3OS2/c1-14-9-10-18(11-15(14)2)26-19(27)12-28-22-21-20(17-7-5-4-6-8-17)16(3)29-23(21)25-13-24-22/h4-11,13H,12H2,1-3H3,(H,26,27). The van der Waals surface area contributed by atoms with E-state index in [1.165, 1.54) is 22.2 Å². The fourth-order valence-electron chi connectivity index (χ4n) is 3.23. The summed E-state index contributed by atoms with van der Waals surface area (Å²) in [7, 11) is 0. The molecule has 0 bridgehead atoms. The summed E-state index contributed by atoms with van der Waals surface area (Å²) in [5.41, 5.74) is 5.50. The Hall–Kier alpha value is -2.70. The van der Waals surface area contributed by atoms with Crippen molar-refractivity contribution >= 4 is 44.9 Å². The van der Waals surface area contributed by atoms with Gasteiger partial charge in [-0.05, 0) is 49.6 Å². The first kappa shape index (κ1) is 19.6. The number of fused-ring (bicyclic) bond motifs is 1. The summed E-state index contributed by atoms with van der Waals surface area (Å²) in [6, 6.07) is 16.2. The van der Waals surface area contributed by atoms with Crippen LogP contribution >= 0.6 is 23.1 Å². The minimum absolute atomic E-state index is 0.0433. The third kappa shape index (κ3) is 4.18. The lowest BCUT2D eigenvalue weighted by molar-refractivity contribution is -0.113. The van der Waals surface area contributed by atoms with E-state index in [0.717, 1.165) is 37.6 Å². The van der Waals surface area contributed by atoms with E-state index in [4.69, 9.17) is 0 Å². The summed E-state index contributed by atoms with van der Waals surface area (Å²) >= 11 is 3.11. The molecule has 0 unspecified atom stereocenters. The van der Waals surface area contributed by atoms with Crippen molar-refractivity contribution in [2.45, 2.75) is 25.8 Å². The van der Waals surface area contributed by atoms with E-state index in [1.54, 1.807) is 17.7 Å². The van der Waals surface area contributed by atoms with Crippen LogP contribution in [-0.4, -0.2) is 21.6 Å². The Morgan fingerprint density at radius 2 is 1.83 bits per heavy atom. The third-order valence-corrected chi connectivity index (χ3v) is 6.83. The molecule has 4 nitrogen and oxygen atoms in total. The van der Waals surface area contributed by atoms with Crippen LogP contribution in [0.2, 0.25) is 0 Å². The Morgan fingerprint density at radius 1 is 1.03 bits per heavy atom. The Morgan fingerprint density at radius 3 is 2.59 bits per heavy atom. The number of nitrogens with zero attached hydrogens (tertiary/aromatic N) is 2. The van der Waals surface area contributed by atoms with Crippen LogP contribution in [0.3, 0.4) is 0 Å². The molecular formula is C23H21N3OS2. The molecule has 0 saturated heterocycles. The van der Waals surface area contributed by atoms with Crippen molar-refractivity contribution in [2.75, 3.05) is 11.1 Å². The number of hydrogen-bond acceptors (Lipinski definition) is 5. The first-order chi connectivity index (χ1) is 14.0. The molecule has 0 spiro atoms. The molecule has 0 aliphatic heterocycles. The molecule has 0 aliphatic carbocycles. The molecule has 2 aromatic heterocycles. The number of amides is 1. The quantitative estimate of drug-likeness (QED) is 0.318. The monoisotopic (exact) mass is 419 g/mol. The number of anilines is 1. The van der Waals surface area contributed by atoms with Crippen molar-refractivity contribution in [3.05, 3.63) is 70.9 Å². The number of rotatable bonds is 5. The molecule has 29 heavy (non-hydrogen) atoms. The van der Waals surface area contributed by atoms with Crippen LogP contribution in [0.15, 0.2) is 59.9 Å². The van der Waals surface area contributed by atoms with Crippen LogP contribution < -0.4 is 5.32 Å². The highest BCUT2D eigenvalue weighted by molar-refractivity contribution is 8.00. The SMILES string of the molecule is Cc1ccc(NC(=O)CSc2ncnc3sc(C)c(-c4ccccc4)c23)cc1C. The summed E-state index contributed by atoms with van der Waals surface area (Å²) in [6.45, 7) is 6.21. The number of carbonyl (C=O) groups excluding carboxylic acids is 1. The lowest BCUT2D eigenvalue weighted by atomic mass is 10.0. The first-order valence-electron chi connectivity index (χ1n) is 9.32. The fourth-order valence-corrected chi connectivity index (χ4v) is 5.11. The van der Waals surface area contributed by atoms with Gasteiger partial charge in [0.25, 0.3) is 0 Å². The highest BCUT2D eigenvalue weighted by Gasteiger charge is 2.17. The summed E-state index contributed by atoms with van der Waals surface area (Å²) in [6.07, 6.45) is 1.58. The highest BCUT2D eigenvalue weighted by Crippen LogP contribution is 2.41. The molecule has 0 atom stereocenters. The lowest BCUT2D eigenvalue weighted by Gasteiger charge is -2.08. The molecule has 146 valence electrons. The zero-order valence-electron chi connectivity index (χ0n) is 16.5. The van der Waals surface area contributed by atoms with Crippen LogP contribution in [0, 0.1) is 20.8 Å². The third-order valence-electron chi connectivity index (χ3n) is 4.82. The van der Waals surface area contributed by atoms with E-state index in [2.05, 4.69) is 41.3 Å². The zero-order valence-corrected chi connectivity index (χ0v) is 18.2. The van der Waals surface area contributed by atoms with Crippen molar-refractivity contribution < 1.29 is 4.79 Å². The van der Waals surface area contributed by atoms with Crippen LogP contribution in [0.4, 0.5) is 5.69 Å². The van der Waals surface area contributed by atoms with Gasteiger partial charge in [-0.15, -0.1) is 11.3 Å². The number of aryl methyl sites for hydroxylation is 3. The Labute approximate surface area is 178 Å². The Balaban J connectivity index is 1.58. The van der Waals surface area contributed by atoms with Crippen LogP contribution in [0.25, 0.3) is 21.3 Å². The van der Waals surface area contributed by atoms with Gasteiger partial charge in [0.05, 0.1) is 11.1 Å².